The zero-order chi connectivity index (χ0) is 11.2. The van der Waals surface area contributed by atoms with Crippen LogP contribution in [0.25, 0.3) is 0 Å². The fourth-order valence-corrected chi connectivity index (χ4v) is 3.18. The minimum atomic E-state index is 0.930. The Morgan fingerprint density at radius 1 is 1.38 bits per heavy atom. The Morgan fingerprint density at radius 3 is 2.94 bits per heavy atom. The summed E-state index contributed by atoms with van der Waals surface area (Å²) in [4.78, 5) is 4.69. The van der Waals surface area contributed by atoms with E-state index in [0.29, 0.717) is 0 Å². The van der Waals surface area contributed by atoms with Gasteiger partial charge in [0.1, 0.15) is 0 Å². The molecule has 1 aromatic heterocycles. The largest absolute Gasteiger partial charge is 0.317 e. The molecule has 0 unspecified atom stereocenters. The molecular weight excluding hydrogens is 216 g/mol. The predicted octanol–water partition coefficient (Wildman–Crippen LogP) is 3.03. The molecule has 90 valence electrons. The van der Waals surface area contributed by atoms with Gasteiger partial charge in [-0.1, -0.05) is 13.3 Å². The van der Waals surface area contributed by atoms with E-state index < -0.39 is 0 Å². The molecule has 0 saturated carbocycles. The lowest BCUT2D eigenvalue weighted by atomic mass is 9.93. The predicted molar refractivity (Wildman–Crippen MR) is 70.0 cm³/mol. The molecule has 3 heteroatoms. The summed E-state index contributed by atoms with van der Waals surface area (Å²) in [5.41, 5.74) is 1.30. The molecule has 16 heavy (non-hydrogen) atoms. The summed E-state index contributed by atoms with van der Waals surface area (Å²) in [6, 6.07) is 0. The van der Waals surface area contributed by atoms with E-state index in [4.69, 9.17) is 0 Å². The number of nitrogens with one attached hydrogen (secondary N) is 1. The minimum Gasteiger partial charge on any atom is -0.317 e. The van der Waals surface area contributed by atoms with Crippen LogP contribution in [0, 0.1) is 5.92 Å². The monoisotopic (exact) mass is 238 g/mol. The highest BCUT2D eigenvalue weighted by Gasteiger charge is 2.13. The molecule has 0 atom stereocenters. The fourth-order valence-electron chi connectivity index (χ4n) is 2.33. The zero-order valence-electron chi connectivity index (χ0n) is 10.2. The summed E-state index contributed by atoms with van der Waals surface area (Å²) in [5.74, 6) is 0.930. The summed E-state index contributed by atoms with van der Waals surface area (Å²) in [6.07, 6.45) is 7.58. The van der Waals surface area contributed by atoms with Gasteiger partial charge in [-0.05, 0) is 51.1 Å². The van der Waals surface area contributed by atoms with E-state index >= 15 is 0 Å². The molecule has 0 aromatic carbocycles. The molecule has 2 rings (SSSR count). The highest BCUT2D eigenvalue weighted by Crippen LogP contribution is 2.20. The summed E-state index contributed by atoms with van der Waals surface area (Å²) >= 11 is 1.85. The molecular formula is C13H22N2S. The number of rotatable bonds is 5. The van der Waals surface area contributed by atoms with Crippen LogP contribution in [0.2, 0.25) is 0 Å². The maximum absolute atomic E-state index is 4.69. The lowest BCUT2D eigenvalue weighted by Gasteiger charge is -2.21. The molecule has 1 N–H and O–H groups in total. The maximum atomic E-state index is 4.69. The van der Waals surface area contributed by atoms with Gasteiger partial charge in [-0.2, -0.15) is 0 Å². The van der Waals surface area contributed by atoms with Crippen molar-refractivity contribution in [3.8, 4) is 0 Å². The third-order valence-electron chi connectivity index (χ3n) is 3.33. The second-order valence-corrected chi connectivity index (χ2v) is 5.66. The Balaban J connectivity index is 1.75. The molecule has 0 amide bonds. The molecule has 0 bridgehead atoms. The van der Waals surface area contributed by atoms with E-state index in [1.807, 2.05) is 11.3 Å². The first-order valence-electron chi connectivity index (χ1n) is 6.52. The average Bonchev–Trinajstić information content (AvgIpc) is 2.76. The van der Waals surface area contributed by atoms with E-state index in [1.54, 1.807) is 0 Å². The number of aromatic nitrogens is 1. The van der Waals surface area contributed by atoms with Crippen LogP contribution in [0.5, 0.6) is 0 Å². The fraction of sp³-hybridized carbons (Fsp3) is 0.769. The summed E-state index contributed by atoms with van der Waals surface area (Å²) in [5, 5.41) is 7.01. The maximum Gasteiger partial charge on any atom is 0.0928 e. The Labute approximate surface area is 102 Å². The Hall–Kier alpha value is -0.410. The van der Waals surface area contributed by atoms with Gasteiger partial charge in [0.15, 0.2) is 0 Å². The van der Waals surface area contributed by atoms with Crippen molar-refractivity contribution in [3.05, 3.63) is 16.1 Å². The van der Waals surface area contributed by atoms with Gasteiger partial charge in [-0.25, -0.2) is 4.98 Å². The van der Waals surface area contributed by atoms with Crippen LogP contribution in [-0.2, 0) is 12.8 Å². The van der Waals surface area contributed by atoms with Crippen LogP contribution < -0.4 is 5.32 Å². The molecule has 2 nitrogen and oxygen atoms in total. The lowest BCUT2D eigenvalue weighted by Crippen LogP contribution is -2.27. The van der Waals surface area contributed by atoms with Crippen molar-refractivity contribution in [2.75, 3.05) is 13.1 Å². The highest BCUT2D eigenvalue weighted by molar-refractivity contribution is 7.09. The normalized spacial score (nSPS) is 17.8. The SMILES string of the molecule is CCCc1csc(CCC2CCNCC2)n1. The van der Waals surface area contributed by atoms with Crippen molar-refractivity contribution in [3.63, 3.8) is 0 Å². The van der Waals surface area contributed by atoms with E-state index in [2.05, 4.69) is 22.6 Å². The van der Waals surface area contributed by atoms with Crippen molar-refractivity contribution in [2.45, 2.75) is 45.4 Å². The van der Waals surface area contributed by atoms with Crippen LogP contribution in [-0.4, -0.2) is 18.1 Å². The Morgan fingerprint density at radius 2 is 2.19 bits per heavy atom. The third kappa shape index (κ3) is 3.56. The minimum absolute atomic E-state index is 0.930. The standard InChI is InChI=1S/C13H22N2S/c1-2-3-12-10-16-13(15-12)5-4-11-6-8-14-9-7-11/h10-11,14H,2-9H2,1H3. The summed E-state index contributed by atoms with van der Waals surface area (Å²) in [7, 11) is 0. The first-order chi connectivity index (χ1) is 7.88. The van der Waals surface area contributed by atoms with Gasteiger partial charge in [0.05, 0.1) is 10.7 Å². The lowest BCUT2D eigenvalue weighted by molar-refractivity contribution is 0.354. The molecule has 1 fully saturated rings. The molecule has 1 aliphatic rings. The van der Waals surface area contributed by atoms with Gasteiger partial charge in [-0.15, -0.1) is 11.3 Å². The van der Waals surface area contributed by atoms with Crippen molar-refractivity contribution in [2.24, 2.45) is 5.92 Å². The van der Waals surface area contributed by atoms with E-state index in [1.165, 1.54) is 55.9 Å². The van der Waals surface area contributed by atoms with Crippen molar-refractivity contribution >= 4 is 11.3 Å². The third-order valence-corrected chi connectivity index (χ3v) is 4.29. The number of aryl methyl sites for hydroxylation is 2. The second-order valence-electron chi connectivity index (χ2n) is 4.71. The second kappa shape index (κ2) is 6.36. The highest BCUT2D eigenvalue weighted by atomic mass is 32.1. The average molecular weight is 238 g/mol. The van der Waals surface area contributed by atoms with E-state index in [9.17, 15) is 0 Å². The molecule has 1 saturated heterocycles. The number of thiazole rings is 1. The van der Waals surface area contributed by atoms with Crippen molar-refractivity contribution < 1.29 is 0 Å². The van der Waals surface area contributed by atoms with Crippen molar-refractivity contribution in [1.82, 2.24) is 10.3 Å². The van der Waals surface area contributed by atoms with Gasteiger partial charge in [-0.3, -0.25) is 0 Å². The quantitative estimate of drug-likeness (QED) is 0.853. The molecule has 2 heterocycles. The van der Waals surface area contributed by atoms with Crippen LogP contribution >= 0.6 is 11.3 Å². The van der Waals surface area contributed by atoms with E-state index in [-0.39, 0.29) is 0 Å². The van der Waals surface area contributed by atoms with Crippen LogP contribution in [0.3, 0.4) is 0 Å². The molecule has 1 aliphatic heterocycles. The number of hydrogen-bond donors (Lipinski definition) is 1. The number of nitrogens with zero attached hydrogens (tertiary/aromatic N) is 1. The molecule has 0 radical (unpaired) electrons. The Kier molecular flexibility index (Phi) is 4.79. The van der Waals surface area contributed by atoms with Gasteiger partial charge in [0, 0.05) is 5.38 Å². The van der Waals surface area contributed by atoms with Crippen LogP contribution in [0.4, 0.5) is 0 Å². The molecule has 0 spiro atoms. The topological polar surface area (TPSA) is 24.9 Å². The smallest absolute Gasteiger partial charge is 0.0928 e. The number of hydrogen-bond acceptors (Lipinski definition) is 3. The molecule has 1 aromatic rings. The Bertz CT molecular complexity index is 303. The van der Waals surface area contributed by atoms with Gasteiger partial charge in [0.25, 0.3) is 0 Å². The van der Waals surface area contributed by atoms with E-state index in [0.717, 1.165) is 12.3 Å². The van der Waals surface area contributed by atoms with Gasteiger partial charge >= 0.3 is 0 Å². The van der Waals surface area contributed by atoms with Crippen LogP contribution in [0.1, 0.15) is 43.3 Å². The first kappa shape index (κ1) is 12.1. The molecule has 0 aliphatic carbocycles. The van der Waals surface area contributed by atoms with Crippen molar-refractivity contribution in [1.29, 1.82) is 0 Å². The van der Waals surface area contributed by atoms with Gasteiger partial charge < -0.3 is 5.32 Å². The first-order valence-corrected chi connectivity index (χ1v) is 7.40. The summed E-state index contributed by atoms with van der Waals surface area (Å²) < 4.78 is 0. The summed E-state index contributed by atoms with van der Waals surface area (Å²) in [6.45, 7) is 4.64. The van der Waals surface area contributed by atoms with Crippen LogP contribution in [0.15, 0.2) is 5.38 Å². The van der Waals surface area contributed by atoms with Gasteiger partial charge in [0.2, 0.25) is 0 Å². The number of piperidine rings is 1. The zero-order valence-corrected chi connectivity index (χ0v) is 11.0.